The van der Waals surface area contributed by atoms with Crippen LogP contribution < -0.4 is 0 Å². The number of hydrogen-bond donors (Lipinski definition) is 2. The first-order chi connectivity index (χ1) is 8.81. The third-order valence-corrected chi connectivity index (χ3v) is 2.60. The minimum absolute atomic E-state index is 0.247. The molecule has 0 aliphatic carbocycles. The lowest BCUT2D eigenvalue weighted by atomic mass is 10.1. The summed E-state index contributed by atoms with van der Waals surface area (Å²) in [4.78, 5) is 7.32. The predicted molar refractivity (Wildman–Crippen MR) is 65.0 cm³/mol. The van der Waals surface area contributed by atoms with Crippen molar-refractivity contribution in [2.75, 3.05) is 0 Å². The molecule has 0 radical (unpaired) electrons. The van der Waals surface area contributed by atoms with Gasteiger partial charge in [-0.2, -0.15) is 4.98 Å². The smallest absolute Gasteiger partial charge is 0.231 e. The maximum atomic E-state index is 9.20. The summed E-state index contributed by atoms with van der Waals surface area (Å²) in [7, 11) is 0. The third kappa shape index (κ3) is 2.10. The molecular formula is C13H11N3O2. The molecule has 2 aromatic heterocycles. The summed E-state index contributed by atoms with van der Waals surface area (Å²) in [5.41, 5.74) is 1.84. The highest BCUT2D eigenvalue weighted by atomic mass is 16.5. The number of nitrogens with zero attached hydrogens (tertiary/aromatic N) is 2. The minimum atomic E-state index is 0.247. The fourth-order valence-electron chi connectivity index (χ4n) is 1.69. The number of phenolic OH excluding ortho intramolecular Hbond substituents is 1. The molecule has 0 saturated carbocycles. The van der Waals surface area contributed by atoms with Crippen molar-refractivity contribution in [2.24, 2.45) is 0 Å². The number of H-pyrrole nitrogens is 1. The summed E-state index contributed by atoms with van der Waals surface area (Å²) < 4.78 is 5.18. The van der Waals surface area contributed by atoms with E-state index in [0.717, 1.165) is 11.3 Å². The standard InChI is InChI=1S/C13H11N3O2/c17-10-5-3-9(4-6-10)8-12-15-13(16-18-12)11-2-1-7-14-11/h1-7,14,17H,8H2. The van der Waals surface area contributed by atoms with Crippen LogP contribution in [0, 0.1) is 0 Å². The number of nitrogens with one attached hydrogen (secondary N) is 1. The number of rotatable bonds is 3. The van der Waals surface area contributed by atoms with Crippen molar-refractivity contribution in [1.29, 1.82) is 0 Å². The van der Waals surface area contributed by atoms with E-state index in [1.54, 1.807) is 12.1 Å². The molecule has 0 aliphatic heterocycles. The van der Waals surface area contributed by atoms with Crippen LogP contribution in [0.3, 0.4) is 0 Å². The molecular weight excluding hydrogens is 230 g/mol. The summed E-state index contributed by atoms with van der Waals surface area (Å²) in [5.74, 6) is 1.34. The maximum Gasteiger partial charge on any atom is 0.231 e. The minimum Gasteiger partial charge on any atom is -0.508 e. The van der Waals surface area contributed by atoms with Gasteiger partial charge in [0, 0.05) is 6.20 Å². The van der Waals surface area contributed by atoms with Gasteiger partial charge in [-0.1, -0.05) is 17.3 Å². The van der Waals surface area contributed by atoms with E-state index in [1.165, 1.54) is 0 Å². The van der Waals surface area contributed by atoms with E-state index >= 15 is 0 Å². The number of aromatic hydroxyl groups is 1. The molecule has 90 valence electrons. The lowest BCUT2D eigenvalue weighted by molar-refractivity contribution is 0.385. The van der Waals surface area contributed by atoms with E-state index in [9.17, 15) is 5.11 Å². The third-order valence-electron chi connectivity index (χ3n) is 2.60. The van der Waals surface area contributed by atoms with Gasteiger partial charge >= 0.3 is 0 Å². The fraction of sp³-hybridized carbons (Fsp3) is 0.0769. The van der Waals surface area contributed by atoms with Gasteiger partial charge in [0.2, 0.25) is 11.7 Å². The Morgan fingerprint density at radius 3 is 2.72 bits per heavy atom. The molecule has 3 aromatic rings. The summed E-state index contributed by atoms with van der Waals surface area (Å²) in [6.07, 6.45) is 2.36. The van der Waals surface area contributed by atoms with Gasteiger partial charge in [0.05, 0.1) is 12.1 Å². The summed E-state index contributed by atoms with van der Waals surface area (Å²) in [6, 6.07) is 10.7. The zero-order valence-electron chi connectivity index (χ0n) is 9.50. The van der Waals surface area contributed by atoms with Crippen LogP contribution in [0.25, 0.3) is 11.5 Å². The number of aromatic amines is 1. The molecule has 5 nitrogen and oxygen atoms in total. The Morgan fingerprint density at radius 2 is 2.00 bits per heavy atom. The molecule has 0 aliphatic rings. The molecule has 0 bridgehead atoms. The number of hydrogen-bond acceptors (Lipinski definition) is 4. The Balaban J connectivity index is 1.80. The second-order valence-electron chi connectivity index (χ2n) is 3.94. The van der Waals surface area contributed by atoms with Crippen molar-refractivity contribution in [2.45, 2.75) is 6.42 Å². The lowest BCUT2D eigenvalue weighted by Gasteiger charge is -1.96. The highest BCUT2D eigenvalue weighted by molar-refractivity contribution is 5.47. The number of benzene rings is 1. The molecule has 0 atom stereocenters. The predicted octanol–water partition coefficient (Wildman–Crippen LogP) is 2.36. The van der Waals surface area contributed by atoms with Crippen molar-refractivity contribution in [1.82, 2.24) is 15.1 Å². The van der Waals surface area contributed by atoms with Crippen LogP contribution >= 0.6 is 0 Å². The molecule has 0 saturated heterocycles. The Bertz CT molecular complexity index is 627. The van der Waals surface area contributed by atoms with E-state index in [-0.39, 0.29) is 5.75 Å². The van der Waals surface area contributed by atoms with Gasteiger partial charge in [0.15, 0.2) is 0 Å². The average molecular weight is 241 g/mol. The van der Waals surface area contributed by atoms with Gasteiger partial charge in [-0.25, -0.2) is 0 Å². The van der Waals surface area contributed by atoms with E-state index < -0.39 is 0 Å². The normalized spacial score (nSPS) is 10.7. The first kappa shape index (κ1) is 10.6. The van der Waals surface area contributed by atoms with Crippen LogP contribution in [-0.2, 0) is 6.42 Å². The molecule has 5 heteroatoms. The van der Waals surface area contributed by atoms with Crippen molar-refractivity contribution in [3.63, 3.8) is 0 Å². The number of phenols is 1. The lowest BCUT2D eigenvalue weighted by Crippen LogP contribution is -1.88. The van der Waals surface area contributed by atoms with Crippen molar-refractivity contribution in [3.05, 3.63) is 54.0 Å². The molecule has 0 amide bonds. The van der Waals surface area contributed by atoms with Crippen LogP contribution in [-0.4, -0.2) is 20.2 Å². The number of aromatic nitrogens is 3. The van der Waals surface area contributed by atoms with Gasteiger partial charge in [-0.3, -0.25) is 0 Å². The SMILES string of the molecule is Oc1ccc(Cc2nc(-c3ccc[nH]3)no2)cc1. The van der Waals surface area contributed by atoms with Crippen molar-refractivity contribution in [3.8, 4) is 17.3 Å². The molecule has 0 spiro atoms. The van der Waals surface area contributed by atoms with E-state index in [4.69, 9.17) is 4.52 Å². The van der Waals surface area contributed by atoms with Crippen LogP contribution in [0.15, 0.2) is 47.1 Å². The van der Waals surface area contributed by atoms with Crippen LogP contribution in [0.4, 0.5) is 0 Å². The zero-order chi connectivity index (χ0) is 12.4. The van der Waals surface area contributed by atoms with Crippen LogP contribution in [0.5, 0.6) is 5.75 Å². The zero-order valence-corrected chi connectivity index (χ0v) is 9.50. The first-order valence-corrected chi connectivity index (χ1v) is 5.55. The molecule has 2 N–H and O–H groups in total. The summed E-state index contributed by atoms with van der Waals surface area (Å²) in [6.45, 7) is 0. The Kier molecular flexibility index (Phi) is 2.57. The Labute approximate surface area is 103 Å². The van der Waals surface area contributed by atoms with Crippen LogP contribution in [0.1, 0.15) is 11.5 Å². The average Bonchev–Trinajstić information content (AvgIpc) is 3.02. The fourth-order valence-corrected chi connectivity index (χ4v) is 1.69. The Hall–Kier alpha value is -2.56. The second-order valence-corrected chi connectivity index (χ2v) is 3.94. The first-order valence-electron chi connectivity index (χ1n) is 5.55. The maximum absolute atomic E-state index is 9.20. The topological polar surface area (TPSA) is 74.9 Å². The van der Waals surface area contributed by atoms with Gasteiger partial charge < -0.3 is 14.6 Å². The molecule has 18 heavy (non-hydrogen) atoms. The molecule has 2 heterocycles. The van der Waals surface area contributed by atoms with E-state index in [1.807, 2.05) is 30.5 Å². The van der Waals surface area contributed by atoms with Crippen LogP contribution in [0.2, 0.25) is 0 Å². The monoisotopic (exact) mass is 241 g/mol. The van der Waals surface area contributed by atoms with Crippen molar-refractivity contribution < 1.29 is 9.63 Å². The molecule has 0 unspecified atom stereocenters. The van der Waals surface area contributed by atoms with Gasteiger partial charge in [-0.15, -0.1) is 0 Å². The summed E-state index contributed by atoms with van der Waals surface area (Å²) >= 11 is 0. The molecule has 3 rings (SSSR count). The highest BCUT2D eigenvalue weighted by Crippen LogP contribution is 2.16. The quantitative estimate of drug-likeness (QED) is 0.738. The van der Waals surface area contributed by atoms with E-state index in [0.29, 0.717) is 18.1 Å². The highest BCUT2D eigenvalue weighted by Gasteiger charge is 2.09. The van der Waals surface area contributed by atoms with Gasteiger partial charge in [0.1, 0.15) is 5.75 Å². The van der Waals surface area contributed by atoms with Crippen molar-refractivity contribution >= 4 is 0 Å². The second kappa shape index (κ2) is 4.37. The van der Waals surface area contributed by atoms with Gasteiger partial charge in [-0.05, 0) is 29.8 Å². The largest absolute Gasteiger partial charge is 0.508 e. The molecule has 1 aromatic carbocycles. The van der Waals surface area contributed by atoms with Gasteiger partial charge in [0.25, 0.3) is 0 Å². The van der Waals surface area contributed by atoms with E-state index in [2.05, 4.69) is 15.1 Å². The summed E-state index contributed by atoms with van der Waals surface area (Å²) in [5, 5.41) is 13.1. The Morgan fingerprint density at radius 1 is 1.17 bits per heavy atom. The molecule has 0 fully saturated rings.